The minimum absolute atomic E-state index is 0.0302. The smallest absolute Gasteiger partial charge is 0.337 e. The van der Waals surface area contributed by atoms with E-state index in [9.17, 15) is 9.59 Å². The highest BCUT2D eigenvalue weighted by Gasteiger charge is 2.13. The number of fused-ring (bicyclic) bond motifs is 1. The SMILES string of the molecule is CCN(CC)c1ccc2c(C(=O)O)cc(=O)oc2c1. The molecule has 1 aromatic heterocycles. The number of anilines is 1. The Hall–Kier alpha value is -2.30. The van der Waals surface area contributed by atoms with Crippen molar-refractivity contribution in [1.82, 2.24) is 0 Å². The molecule has 1 heterocycles. The number of carboxylic acids is 1. The molecule has 0 aliphatic rings. The summed E-state index contributed by atoms with van der Waals surface area (Å²) in [6.07, 6.45) is 0. The number of carboxylic acid groups (broad SMARTS) is 1. The summed E-state index contributed by atoms with van der Waals surface area (Å²) in [5.41, 5.74) is 0.524. The third-order valence-electron chi connectivity index (χ3n) is 3.09. The van der Waals surface area contributed by atoms with E-state index in [0.717, 1.165) is 24.8 Å². The highest BCUT2D eigenvalue weighted by Crippen LogP contribution is 2.23. The van der Waals surface area contributed by atoms with Crippen LogP contribution in [0.25, 0.3) is 11.0 Å². The first-order chi connectivity index (χ1) is 9.06. The molecule has 19 heavy (non-hydrogen) atoms. The van der Waals surface area contributed by atoms with Crippen molar-refractivity contribution in [2.75, 3.05) is 18.0 Å². The average Bonchev–Trinajstić information content (AvgIpc) is 2.38. The highest BCUT2D eigenvalue weighted by molar-refractivity contribution is 6.02. The van der Waals surface area contributed by atoms with Crippen LogP contribution in [-0.4, -0.2) is 24.2 Å². The number of rotatable bonds is 4. The van der Waals surface area contributed by atoms with Crippen LogP contribution in [0.15, 0.2) is 33.5 Å². The Labute approximate surface area is 110 Å². The summed E-state index contributed by atoms with van der Waals surface area (Å²) in [5, 5.41) is 9.52. The van der Waals surface area contributed by atoms with Crippen molar-refractivity contribution in [2.24, 2.45) is 0 Å². The van der Waals surface area contributed by atoms with Crippen LogP contribution in [0, 0.1) is 0 Å². The molecular formula is C14H15NO4. The molecule has 0 radical (unpaired) electrons. The van der Waals surface area contributed by atoms with Gasteiger partial charge in [-0.1, -0.05) is 0 Å². The van der Waals surface area contributed by atoms with Crippen molar-refractivity contribution in [3.05, 3.63) is 40.2 Å². The minimum atomic E-state index is -1.13. The van der Waals surface area contributed by atoms with Gasteiger partial charge in [0.1, 0.15) is 5.58 Å². The van der Waals surface area contributed by atoms with Gasteiger partial charge < -0.3 is 14.4 Å². The fraction of sp³-hybridized carbons (Fsp3) is 0.286. The quantitative estimate of drug-likeness (QED) is 0.855. The molecule has 0 saturated carbocycles. The molecule has 0 amide bonds. The van der Waals surface area contributed by atoms with Crippen LogP contribution >= 0.6 is 0 Å². The van der Waals surface area contributed by atoms with Crippen LogP contribution in [0.3, 0.4) is 0 Å². The average molecular weight is 261 g/mol. The Bertz CT molecular complexity index is 671. The largest absolute Gasteiger partial charge is 0.478 e. The van der Waals surface area contributed by atoms with Crippen molar-refractivity contribution >= 4 is 22.6 Å². The number of hydrogen-bond donors (Lipinski definition) is 1. The Morgan fingerprint density at radius 2 is 1.95 bits per heavy atom. The van der Waals surface area contributed by atoms with E-state index in [0.29, 0.717) is 11.0 Å². The molecule has 1 N–H and O–H groups in total. The van der Waals surface area contributed by atoms with E-state index in [1.165, 1.54) is 0 Å². The van der Waals surface area contributed by atoms with Gasteiger partial charge in [0.25, 0.3) is 0 Å². The maximum absolute atomic E-state index is 11.4. The van der Waals surface area contributed by atoms with E-state index in [1.807, 2.05) is 19.9 Å². The van der Waals surface area contributed by atoms with Crippen LogP contribution in [0.5, 0.6) is 0 Å². The second-order valence-electron chi connectivity index (χ2n) is 4.14. The van der Waals surface area contributed by atoms with Gasteiger partial charge in [-0.25, -0.2) is 9.59 Å². The molecule has 2 aromatic rings. The monoisotopic (exact) mass is 261 g/mol. The number of hydrogen-bond acceptors (Lipinski definition) is 4. The van der Waals surface area contributed by atoms with Crippen LogP contribution in [0.2, 0.25) is 0 Å². The van der Waals surface area contributed by atoms with Crippen molar-refractivity contribution in [3.63, 3.8) is 0 Å². The third-order valence-corrected chi connectivity index (χ3v) is 3.09. The normalized spacial score (nSPS) is 10.6. The fourth-order valence-corrected chi connectivity index (χ4v) is 2.11. The maximum atomic E-state index is 11.4. The van der Waals surface area contributed by atoms with Gasteiger partial charge in [0.15, 0.2) is 0 Å². The third kappa shape index (κ3) is 2.45. The van der Waals surface area contributed by atoms with Crippen LogP contribution in [0.4, 0.5) is 5.69 Å². The van der Waals surface area contributed by atoms with E-state index < -0.39 is 11.6 Å². The number of aromatic carboxylic acids is 1. The van der Waals surface area contributed by atoms with Crippen LogP contribution in [0.1, 0.15) is 24.2 Å². The first-order valence-electron chi connectivity index (χ1n) is 6.13. The van der Waals surface area contributed by atoms with Gasteiger partial charge in [-0.2, -0.15) is 0 Å². The summed E-state index contributed by atoms with van der Waals surface area (Å²) in [6, 6.07) is 6.22. The number of benzene rings is 1. The van der Waals surface area contributed by atoms with Crippen LogP contribution in [-0.2, 0) is 0 Å². The Morgan fingerprint density at radius 1 is 1.26 bits per heavy atom. The van der Waals surface area contributed by atoms with Crippen molar-refractivity contribution < 1.29 is 14.3 Å². The Balaban J connectivity index is 2.67. The van der Waals surface area contributed by atoms with Crippen LogP contribution < -0.4 is 10.5 Å². The lowest BCUT2D eigenvalue weighted by molar-refractivity contribution is 0.0698. The summed E-state index contributed by atoms with van der Waals surface area (Å²) in [7, 11) is 0. The van der Waals surface area contributed by atoms with Crippen molar-refractivity contribution in [1.29, 1.82) is 0 Å². The lowest BCUT2D eigenvalue weighted by atomic mass is 10.1. The molecule has 0 fully saturated rings. The Morgan fingerprint density at radius 3 is 2.53 bits per heavy atom. The molecule has 0 aliphatic carbocycles. The molecule has 0 aliphatic heterocycles. The second-order valence-corrected chi connectivity index (χ2v) is 4.14. The standard InChI is InChI=1S/C14H15NO4/c1-3-15(4-2)9-5-6-10-11(14(17)18)8-13(16)19-12(10)7-9/h5-8H,3-4H2,1-2H3,(H,17,18). The molecule has 0 saturated heterocycles. The fourth-order valence-electron chi connectivity index (χ4n) is 2.11. The molecule has 0 bridgehead atoms. The molecule has 100 valence electrons. The van der Waals surface area contributed by atoms with Gasteiger partial charge in [-0.15, -0.1) is 0 Å². The second kappa shape index (κ2) is 5.14. The lowest BCUT2D eigenvalue weighted by Crippen LogP contribution is -2.21. The minimum Gasteiger partial charge on any atom is -0.478 e. The van der Waals surface area contributed by atoms with Crippen molar-refractivity contribution in [2.45, 2.75) is 13.8 Å². The zero-order valence-corrected chi connectivity index (χ0v) is 10.8. The van der Waals surface area contributed by atoms with Crippen molar-refractivity contribution in [3.8, 4) is 0 Å². The zero-order valence-electron chi connectivity index (χ0n) is 10.8. The van der Waals surface area contributed by atoms with Gasteiger partial charge in [-0.05, 0) is 26.0 Å². The van der Waals surface area contributed by atoms with E-state index in [4.69, 9.17) is 9.52 Å². The van der Waals surface area contributed by atoms with E-state index in [2.05, 4.69) is 4.90 Å². The number of nitrogens with zero attached hydrogens (tertiary/aromatic N) is 1. The summed E-state index contributed by atoms with van der Waals surface area (Å²) >= 11 is 0. The van der Waals surface area contributed by atoms with E-state index >= 15 is 0 Å². The molecule has 1 aromatic carbocycles. The summed E-state index contributed by atoms with van der Waals surface area (Å²) in [5.74, 6) is -1.13. The molecule has 5 heteroatoms. The van der Waals surface area contributed by atoms with Gasteiger partial charge in [0.2, 0.25) is 0 Å². The topological polar surface area (TPSA) is 70.8 Å². The molecule has 2 rings (SSSR count). The van der Waals surface area contributed by atoms with E-state index in [-0.39, 0.29) is 5.56 Å². The number of carbonyl (C=O) groups is 1. The molecule has 0 unspecified atom stereocenters. The first-order valence-corrected chi connectivity index (χ1v) is 6.13. The molecule has 0 spiro atoms. The summed E-state index contributed by atoms with van der Waals surface area (Å²) in [6.45, 7) is 5.70. The summed E-state index contributed by atoms with van der Waals surface area (Å²) < 4.78 is 5.09. The highest BCUT2D eigenvalue weighted by atomic mass is 16.4. The molecule has 0 atom stereocenters. The zero-order chi connectivity index (χ0) is 14.0. The first kappa shape index (κ1) is 13.1. The van der Waals surface area contributed by atoms with Gasteiger partial charge >= 0.3 is 11.6 Å². The molecule has 5 nitrogen and oxygen atoms in total. The summed E-state index contributed by atoms with van der Waals surface area (Å²) in [4.78, 5) is 24.6. The predicted molar refractivity (Wildman–Crippen MR) is 73.0 cm³/mol. The van der Waals surface area contributed by atoms with Gasteiger partial charge in [0, 0.05) is 36.3 Å². The van der Waals surface area contributed by atoms with Gasteiger partial charge in [-0.3, -0.25) is 0 Å². The lowest BCUT2D eigenvalue weighted by Gasteiger charge is -2.21. The van der Waals surface area contributed by atoms with Gasteiger partial charge in [0.05, 0.1) is 5.56 Å². The molecular weight excluding hydrogens is 246 g/mol. The maximum Gasteiger partial charge on any atom is 0.337 e. The Kier molecular flexibility index (Phi) is 3.55. The van der Waals surface area contributed by atoms with E-state index in [1.54, 1.807) is 12.1 Å². The predicted octanol–water partition coefficient (Wildman–Crippen LogP) is 2.34.